The predicted octanol–water partition coefficient (Wildman–Crippen LogP) is 1.76. The molecule has 0 aliphatic heterocycles. The summed E-state index contributed by atoms with van der Waals surface area (Å²) in [4.78, 5) is 22.8. The maximum atomic E-state index is 12.0. The number of sulfonamides is 1. The van der Waals surface area contributed by atoms with Crippen LogP contribution < -0.4 is 10.0 Å². The lowest BCUT2D eigenvalue weighted by atomic mass is 10.2. The van der Waals surface area contributed by atoms with Gasteiger partial charge in [0.15, 0.2) is 0 Å². The number of hydrogen-bond acceptors (Lipinski definition) is 4. The average molecular weight is 318 g/mol. The highest BCUT2D eigenvalue weighted by molar-refractivity contribution is 7.90. The van der Waals surface area contributed by atoms with Crippen molar-refractivity contribution in [1.29, 1.82) is 0 Å². The first kappa shape index (κ1) is 15.7. The third-order valence-corrected chi connectivity index (χ3v) is 4.19. The standard InChI is InChI=1S/C15H14N2O4S/c1-11(18)17-22(20,21)14-9-7-13(8-10-14)16-15(19)12-5-3-2-4-6-12/h2-10H,1H3,(H,16,19)(H,17,18). The lowest BCUT2D eigenvalue weighted by molar-refractivity contribution is -0.117. The molecule has 0 heterocycles. The predicted molar refractivity (Wildman–Crippen MR) is 81.8 cm³/mol. The number of nitrogens with one attached hydrogen (secondary N) is 2. The van der Waals surface area contributed by atoms with Gasteiger partial charge in [-0.15, -0.1) is 0 Å². The summed E-state index contributed by atoms with van der Waals surface area (Å²) in [5.41, 5.74) is 0.952. The van der Waals surface area contributed by atoms with Crippen LogP contribution in [0.1, 0.15) is 17.3 Å². The summed E-state index contributed by atoms with van der Waals surface area (Å²) in [5.74, 6) is -0.959. The second-order valence-electron chi connectivity index (χ2n) is 4.51. The molecule has 7 heteroatoms. The van der Waals surface area contributed by atoms with E-state index in [1.807, 2.05) is 4.72 Å². The maximum Gasteiger partial charge on any atom is 0.264 e. The molecule has 0 aliphatic rings. The molecular formula is C15H14N2O4S. The van der Waals surface area contributed by atoms with Crippen molar-refractivity contribution in [1.82, 2.24) is 4.72 Å². The van der Waals surface area contributed by atoms with Crippen molar-refractivity contribution in [3.8, 4) is 0 Å². The molecule has 22 heavy (non-hydrogen) atoms. The molecule has 2 aromatic rings. The van der Waals surface area contributed by atoms with Gasteiger partial charge in [0.1, 0.15) is 0 Å². The number of carbonyl (C=O) groups is 2. The zero-order valence-corrected chi connectivity index (χ0v) is 12.6. The van der Waals surface area contributed by atoms with Crippen LogP contribution in [0.3, 0.4) is 0 Å². The number of hydrogen-bond donors (Lipinski definition) is 2. The SMILES string of the molecule is CC(=O)NS(=O)(=O)c1ccc(NC(=O)c2ccccc2)cc1. The maximum absolute atomic E-state index is 12.0. The van der Waals surface area contributed by atoms with Gasteiger partial charge in [-0.05, 0) is 36.4 Å². The molecule has 0 radical (unpaired) electrons. The molecule has 0 saturated heterocycles. The molecule has 2 N–H and O–H groups in total. The van der Waals surface area contributed by atoms with E-state index in [2.05, 4.69) is 5.32 Å². The molecule has 0 aromatic heterocycles. The van der Waals surface area contributed by atoms with Gasteiger partial charge in [-0.25, -0.2) is 13.1 Å². The van der Waals surface area contributed by atoms with Crippen molar-refractivity contribution in [3.05, 3.63) is 60.2 Å². The fraction of sp³-hybridized carbons (Fsp3) is 0.0667. The molecule has 114 valence electrons. The fourth-order valence-electron chi connectivity index (χ4n) is 1.76. The van der Waals surface area contributed by atoms with Crippen molar-refractivity contribution in [3.63, 3.8) is 0 Å². The van der Waals surface area contributed by atoms with Crippen molar-refractivity contribution in [2.24, 2.45) is 0 Å². The van der Waals surface area contributed by atoms with Crippen molar-refractivity contribution in [2.75, 3.05) is 5.32 Å². The summed E-state index contributed by atoms with van der Waals surface area (Å²) < 4.78 is 25.4. The lowest BCUT2D eigenvalue weighted by Gasteiger charge is -2.07. The normalized spacial score (nSPS) is 10.8. The summed E-state index contributed by atoms with van der Waals surface area (Å²) in [6, 6.07) is 14.2. The van der Waals surface area contributed by atoms with E-state index in [-0.39, 0.29) is 10.8 Å². The Labute approximate surface area is 128 Å². The Morgan fingerprint density at radius 2 is 1.50 bits per heavy atom. The molecule has 0 aliphatic carbocycles. The van der Waals surface area contributed by atoms with Crippen LogP contribution in [0.4, 0.5) is 5.69 Å². The van der Waals surface area contributed by atoms with Crippen LogP contribution >= 0.6 is 0 Å². The van der Waals surface area contributed by atoms with Crippen LogP contribution in [-0.4, -0.2) is 20.2 Å². The second kappa shape index (κ2) is 6.40. The van der Waals surface area contributed by atoms with Crippen molar-refractivity contribution >= 4 is 27.5 Å². The van der Waals surface area contributed by atoms with Crippen molar-refractivity contribution in [2.45, 2.75) is 11.8 Å². The Bertz CT molecular complexity index is 784. The average Bonchev–Trinajstić information content (AvgIpc) is 2.47. The van der Waals surface area contributed by atoms with Gasteiger partial charge in [0, 0.05) is 18.2 Å². The van der Waals surface area contributed by atoms with Crippen LogP contribution in [0.5, 0.6) is 0 Å². The van der Waals surface area contributed by atoms with Crippen LogP contribution in [0, 0.1) is 0 Å². The minimum atomic E-state index is -3.87. The largest absolute Gasteiger partial charge is 0.322 e. The highest BCUT2D eigenvalue weighted by atomic mass is 32.2. The van der Waals surface area contributed by atoms with Crippen LogP contribution in [0.2, 0.25) is 0 Å². The molecule has 6 nitrogen and oxygen atoms in total. The zero-order valence-electron chi connectivity index (χ0n) is 11.7. The van der Waals surface area contributed by atoms with E-state index in [4.69, 9.17) is 0 Å². The minimum Gasteiger partial charge on any atom is -0.322 e. The molecule has 2 aromatic carbocycles. The number of carbonyl (C=O) groups excluding carboxylic acids is 2. The van der Waals surface area contributed by atoms with Crippen LogP contribution in [0.25, 0.3) is 0 Å². The monoisotopic (exact) mass is 318 g/mol. The van der Waals surface area contributed by atoms with Crippen molar-refractivity contribution < 1.29 is 18.0 Å². The van der Waals surface area contributed by atoms with E-state index < -0.39 is 15.9 Å². The van der Waals surface area contributed by atoms with E-state index in [0.29, 0.717) is 11.3 Å². The van der Waals surface area contributed by atoms with E-state index in [1.165, 1.54) is 24.3 Å². The third kappa shape index (κ3) is 3.92. The van der Waals surface area contributed by atoms with Crippen LogP contribution in [-0.2, 0) is 14.8 Å². The first-order valence-electron chi connectivity index (χ1n) is 6.38. The number of anilines is 1. The van der Waals surface area contributed by atoms with Crippen LogP contribution in [0.15, 0.2) is 59.5 Å². The van der Waals surface area contributed by atoms with Gasteiger partial charge in [-0.2, -0.15) is 0 Å². The summed E-state index contributed by atoms with van der Waals surface area (Å²) in [7, 11) is -3.87. The van der Waals surface area contributed by atoms with Gasteiger partial charge in [-0.1, -0.05) is 18.2 Å². The third-order valence-electron chi connectivity index (χ3n) is 2.74. The Morgan fingerprint density at radius 3 is 2.05 bits per heavy atom. The highest BCUT2D eigenvalue weighted by Gasteiger charge is 2.15. The summed E-state index contributed by atoms with van der Waals surface area (Å²) >= 11 is 0. The smallest absolute Gasteiger partial charge is 0.264 e. The Morgan fingerprint density at radius 1 is 0.909 bits per heavy atom. The highest BCUT2D eigenvalue weighted by Crippen LogP contribution is 2.15. The Balaban J connectivity index is 2.13. The van der Waals surface area contributed by atoms with E-state index in [1.54, 1.807) is 30.3 Å². The Kier molecular flexibility index (Phi) is 4.57. The molecule has 0 fully saturated rings. The van der Waals surface area contributed by atoms with Gasteiger partial charge in [0.2, 0.25) is 5.91 Å². The topological polar surface area (TPSA) is 92.3 Å². The fourth-order valence-corrected chi connectivity index (χ4v) is 2.75. The molecule has 0 spiro atoms. The van der Waals surface area contributed by atoms with Gasteiger partial charge in [-0.3, -0.25) is 9.59 Å². The number of benzene rings is 2. The van der Waals surface area contributed by atoms with Gasteiger partial charge in [0.25, 0.3) is 15.9 Å². The summed E-state index contributed by atoms with van der Waals surface area (Å²) in [6.07, 6.45) is 0. The molecule has 2 rings (SSSR count). The Hall–Kier alpha value is -2.67. The first-order valence-corrected chi connectivity index (χ1v) is 7.87. The molecule has 0 bridgehead atoms. The van der Waals surface area contributed by atoms with E-state index in [0.717, 1.165) is 6.92 Å². The lowest BCUT2D eigenvalue weighted by Crippen LogP contribution is -2.28. The molecule has 0 unspecified atom stereocenters. The summed E-state index contributed by atoms with van der Waals surface area (Å²) in [5, 5.41) is 2.66. The molecule has 0 saturated carbocycles. The minimum absolute atomic E-state index is 0.0552. The van der Waals surface area contributed by atoms with Gasteiger partial charge < -0.3 is 5.32 Å². The van der Waals surface area contributed by atoms with E-state index in [9.17, 15) is 18.0 Å². The van der Waals surface area contributed by atoms with E-state index >= 15 is 0 Å². The molecule has 0 atom stereocenters. The second-order valence-corrected chi connectivity index (χ2v) is 6.19. The number of rotatable bonds is 4. The molecular weight excluding hydrogens is 304 g/mol. The summed E-state index contributed by atoms with van der Waals surface area (Å²) in [6.45, 7) is 1.12. The first-order chi connectivity index (χ1) is 10.4. The molecule has 2 amide bonds. The number of amides is 2. The quantitative estimate of drug-likeness (QED) is 0.898. The van der Waals surface area contributed by atoms with Gasteiger partial charge >= 0.3 is 0 Å². The zero-order chi connectivity index (χ0) is 16.2. The van der Waals surface area contributed by atoms with Gasteiger partial charge in [0.05, 0.1) is 4.90 Å².